The molecule has 3 fully saturated rings. The molecule has 14 nitrogen and oxygen atoms in total. The van der Waals surface area contributed by atoms with Gasteiger partial charge in [0, 0.05) is 18.7 Å². The van der Waals surface area contributed by atoms with Crippen molar-refractivity contribution in [3.63, 3.8) is 0 Å². The zero-order valence-electron chi connectivity index (χ0n) is 36.3. The van der Waals surface area contributed by atoms with Crippen LogP contribution in [0.5, 0.6) is 0 Å². The molecule has 14 heteroatoms. The SMILES string of the molecule is COC(=O)N[C@H](C(=O)N1CCCC[C@H]1c1ncc(-c2ccc(-c3ccc(-c4cnc([C@@H]5CCCCN5C(=O)[C@@H](NC(=O)OC)C(C)C)[nH]4)c4c3C3CCC4C3)cc2)[nH]1)C(C)C. The number of nitrogens with zero attached hydrogens (tertiary/aromatic N) is 4. The van der Waals surface area contributed by atoms with Gasteiger partial charge in [-0.2, -0.15) is 0 Å². The van der Waals surface area contributed by atoms with E-state index in [2.05, 4.69) is 57.0 Å². The standard InChI is InChI=1S/C47H60N8O6/c1-26(2)40(52-46(58)60-5)44(56)54-21-9-7-11-36(54)42-48-24-34(50-42)29-15-13-28(14-16-29)32-19-20-33(39-31-18-17-30(23-31)38(32)39)35-25-49-43(51-35)37-12-8-10-22-55(37)45(57)41(27(3)4)53-47(59)61-6/h13-16,19-20,24-27,30-31,36-37,40-41H,7-12,17-18,21-23H2,1-6H3,(H,48,50)(H,49,51)(H,52,58)(H,53,59)/t30?,31?,36-,37-,40-,41-/m0/s1. The zero-order chi connectivity index (χ0) is 42.9. The lowest BCUT2D eigenvalue weighted by atomic mass is 9.82. The van der Waals surface area contributed by atoms with E-state index in [4.69, 9.17) is 19.4 Å². The third-order valence-corrected chi connectivity index (χ3v) is 13.5. The lowest BCUT2D eigenvalue weighted by molar-refractivity contribution is -0.139. The number of carbonyl (C=O) groups excluding carboxylic acids is 4. The molecule has 4 aliphatic rings. The van der Waals surface area contributed by atoms with Crippen LogP contribution in [0.4, 0.5) is 9.59 Å². The van der Waals surface area contributed by atoms with Crippen LogP contribution < -0.4 is 10.6 Å². The van der Waals surface area contributed by atoms with Crippen LogP contribution in [0.25, 0.3) is 33.6 Å². The van der Waals surface area contributed by atoms with E-state index in [1.165, 1.54) is 54.9 Å². The van der Waals surface area contributed by atoms with Crippen LogP contribution in [0, 0.1) is 11.8 Å². The number of alkyl carbamates (subject to hydrolysis) is 2. The van der Waals surface area contributed by atoms with Gasteiger partial charge in [-0.1, -0.05) is 64.1 Å². The maximum Gasteiger partial charge on any atom is 0.407 e. The van der Waals surface area contributed by atoms with Gasteiger partial charge in [-0.3, -0.25) is 9.59 Å². The predicted molar refractivity (Wildman–Crippen MR) is 231 cm³/mol. The minimum atomic E-state index is -0.690. The van der Waals surface area contributed by atoms with E-state index in [1.807, 2.05) is 49.9 Å². The van der Waals surface area contributed by atoms with E-state index in [1.54, 1.807) is 0 Å². The Labute approximate surface area is 358 Å². The second-order valence-electron chi connectivity index (χ2n) is 17.9. The van der Waals surface area contributed by atoms with Gasteiger partial charge in [-0.05, 0) is 109 Å². The molecule has 2 aromatic carbocycles. The van der Waals surface area contributed by atoms with Crippen molar-refractivity contribution in [1.82, 2.24) is 40.4 Å². The van der Waals surface area contributed by atoms with Crippen LogP contribution in [0.2, 0.25) is 0 Å². The van der Waals surface area contributed by atoms with Gasteiger partial charge in [0.2, 0.25) is 11.8 Å². The minimum absolute atomic E-state index is 0.105. The molecule has 2 aliphatic heterocycles. The Balaban J connectivity index is 1.02. The fourth-order valence-corrected chi connectivity index (χ4v) is 10.3. The molecule has 8 rings (SSSR count). The van der Waals surface area contributed by atoms with E-state index in [0.29, 0.717) is 24.9 Å². The number of H-pyrrole nitrogens is 2. The quantitative estimate of drug-likeness (QED) is 0.117. The third kappa shape index (κ3) is 8.25. The molecule has 61 heavy (non-hydrogen) atoms. The Bertz CT molecular complexity index is 2250. The number of hydrogen-bond donors (Lipinski definition) is 4. The summed E-state index contributed by atoms with van der Waals surface area (Å²) in [6.45, 7) is 8.91. The fraction of sp³-hybridized carbons (Fsp3) is 0.532. The van der Waals surface area contributed by atoms with Gasteiger partial charge in [0.25, 0.3) is 0 Å². The number of methoxy groups -OCH3 is 2. The molecule has 4 amide bonds. The van der Waals surface area contributed by atoms with E-state index < -0.39 is 24.3 Å². The van der Waals surface area contributed by atoms with Crippen molar-refractivity contribution in [2.24, 2.45) is 11.8 Å². The summed E-state index contributed by atoms with van der Waals surface area (Å²) in [5, 5.41) is 5.50. The van der Waals surface area contributed by atoms with Crippen LogP contribution in [0.15, 0.2) is 48.8 Å². The Hall–Kier alpha value is -5.66. The van der Waals surface area contributed by atoms with Gasteiger partial charge in [-0.15, -0.1) is 0 Å². The summed E-state index contributed by atoms with van der Waals surface area (Å²) in [5.74, 6) is 2.08. The number of aromatic nitrogens is 4. The second-order valence-corrected chi connectivity index (χ2v) is 17.9. The second kappa shape index (κ2) is 17.7. The summed E-state index contributed by atoms with van der Waals surface area (Å²) in [7, 11) is 2.61. The first kappa shape index (κ1) is 42.0. The maximum atomic E-state index is 13.9. The van der Waals surface area contributed by atoms with E-state index >= 15 is 0 Å². The number of imidazole rings is 2. The highest BCUT2D eigenvalue weighted by molar-refractivity contribution is 5.87. The average molecular weight is 833 g/mol. The molecule has 0 radical (unpaired) electrons. The molecule has 324 valence electrons. The van der Waals surface area contributed by atoms with Gasteiger partial charge < -0.3 is 39.9 Å². The Morgan fingerprint density at radius 1 is 0.623 bits per heavy atom. The first-order valence-electron chi connectivity index (χ1n) is 22.1. The molecule has 1 saturated carbocycles. The maximum absolute atomic E-state index is 13.9. The van der Waals surface area contributed by atoms with Gasteiger partial charge in [-0.25, -0.2) is 19.6 Å². The van der Waals surface area contributed by atoms with Crippen molar-refractivity contribution in [2.45, 2.75) is 121 Å². The van der Waals surface area contributed by atoms with Gasteiger partial charge in [0.15, 0.2) is 0 Å². The van der Waals surface area contributed by atoms with Crippen LogP contribution in [0.3, 0.4) is 0 Å². The van der Waals surface area contributed by atoms with Crippen LogP contribution >= 0.6 is 0 Å². The van der Waals surface area contributed by atoms with E-state index in [0.717, 1.165) is 73.5 Å². The highest BCUT2D eigenvalue weighted by atomic mass is 16.5. The highest BCUT2D eigenvalue weighted by Gasteiger charge is 2.42. The Kier molecular flexibility index (Phi) is 12.2. The van der Waals surface area contributed by atoms with Crippen molar-refractivity contribution in [3.05, 3.63) is 71.6 Å². The van der Waals surface area contributed by atoms with E-state index in [-0.39, 0.29) is 35.7 Å². The van der Waals surface area contributed by atoms with Crippen molar-refractivity contribution >= 4 is 24.0 Å². The molecular weight excluding hydrogens is 773 g/mol. The lowest BCUT2D eigenvalue weighted by Crippen LogP contribution is -2.53. The summed E-state index contributed by atoms with van der Waals surface area (Å²) in [5.41, 5.74) is 9.34. The lowest BCUT2D eigenvalue weighted by Gasteiger charge is -2.37. The molecule has 0 spiro atoms. The monoisotopic (exact) mass is 832 g/mol. The number of likely N-dealkylation sites (tertiary alicyclic amines) is 2. The van der Waals surface area contributed by atoms with Gasteiger partial charge >= 0.3 is 12.2 Å². The number of benzene rings is 2. The molecular formula is C47H60N8O6. The Morgan fingerprint density at radius 2 is 1.08 bits per heavy atom. The minimum Gasteiger partial charge on any atom is -0.453 e. The summed E-state index contributed by atoms with van der Waals surface area (Å²) in [6.07, 6.45) is 11.4. The summed E-state index contributed by atoms with van der Waals surface area (Å²) >= 11 is 0. The molecule has 4 N–H and O–H groups in total. The topological polar surface area (TPSA) is 175 Å². The molecule has 4 heterocycles. The number of carbonyl (C=O) groups is 4. The van der Waals surface area contributed by atoms with Crippen molar-refractivity contribution < 1.29 is 28.7 Å². The van der Waals surface area contributed by atoms with E-state index in [9.17, 15) is 19.2 Å². The smallest absolute Gasteiger partial charge is 0.407 e. The highest BCUT2D eigenvalue weighted by Crippen LogP contribution is 2.58. The van der Waals surface area contributed by atoms with Crippen molar-refractivity contribution in [3.8, 4) is 33.6 Å². The summed E-state index contributed by atoms with van der Waals surface area (Å²) in [4.78, 5) is 72.6. The number of hydrogen-bond acceptors (Lipinski definition) is 8. The van der Waals surface area contributed by atoms with Crippen LogP contribution in [0.1, 0.15) is 132 Å². The number of ether oxygens (including phenoxy) is 2. The molecule has 6 atom stereocenters. The number of piperidine rings is 2. The molecule has 2 aliphatic carbocycles. The average Bonchev–Trinajstić information content (AvgIpc) is 4.13. The number of aromatic amines is 2. The number of nitrogens with one attached hydrogen (secondary N) is 4. The normalized spacial score (nSPS) is 21.9. The Morgan fingerprint density at radius 3 is 1.59 bits per heavy atom. The number of rotatable bonds is 11. The molecule has 4 aromatic rings. The number of amides is 4. The third-order valence-electron chi connectivity index (χ3n) is 13.5. The predicted octanol–water partition coefficient (Wildman–Crippen LogP) is 8.37. The van der Waals surface area contributed by atoms with Crippen molar-refractivity contribution in [2.75, 3.05) is 27.3 Å². The fourth-order valence-electron chi connectivity index (χ4n) is 10.3. The molecule has 2 unspecified atom stereocenters. The number of fused-ring (bicyclic) bond motifs is 5. The molecule has 2 bridgehead atoms. The van der Waals surface area contributed by atoms with Crippen LogP contribution in [-0.2, 0) is 19.1 Å². The van der Waals surface area contributed by atoms with Gasteiger partial charge in [0.1, 0.15) is 23.7 Å². The van der Waals surface area contributed by atoms with Crippen molar-refractivity contribution in [1.29, 1.82) is 0 Å². The summed E-state index contributed by atoms with van der Waals surface area (Å²) in [6, 6.07) is 11.4. The first-order valence-corrected chi connectivity index (χ1v) is 22.1. The summed E-state index contributed by atoms with van der Waals surface area (Å²) < 4.78 is 9.65. The molecule has 2 aromatic heterocycles. The van der Waals surface area contributed by atoms with Gasteiger partial charge in [0.05, 0.1) is 50.1 Å². The zero-order valence-corrected chi connectivity index (χ0v) is 36.3. The first-order chi connectivity index (χ1) is 29.5. The largest absolute Gasteiger partial charge is 0.453 e. The van der Waals surface area contributed by atoms with Crippen LogP contribution in [-0.4, -0.2) is 93.1 Å². The molecule has 2 saturated heterocycles.